The fourth-order valence-electron chi connectivity index (χ4n) is 2.28. The first-order chi connectivity index (χ1) is 12.9. The van der Waals surface area contributed by atoms with Crippen molar-refractivity contribution in [3.63, 3.8) is 0 Å². The number of hydrogen-bond acceptors (Lipinski definition) is 6. The molecule has 3 aromatic rings. The Balaban J connectivity index is 1.64. The lowest BCUT2D eigenvalue weighted by atomic mass is 10.2. The maximum absolute atomic E-state index is 12.1. The first kappa shape index (κ1) is 19.1. The molecule has 10 heteroatoms. The number of non-ortho nitro benzene ring substituents is 1. The minimum atomic E-state index is -0.453. The lowest BCUT2D eigenvalue weighted by Gasteiger charge is -2.06. The summed E-state index contributed by atoms with van der Waals surface area (Å²) >= 11 is 4.61. The van der Waals surface area contributed by atoms with Crippen LogP contribution < -0.4 is 5.32 Å². The highest BCUT2D eigenvalue weighted by Crippen LogP contribution is 2.24. The van der Waals surface area contributed by atoms with Gasteiger partial charge in [0.05, 0.1) is 10.7 Å². The number of rotatable bonds is 6. The normalized spacial score (nSPS) is 10.6. The number of nitrogens with zero attached hydrogens (tertiary/aromatic N) is 4. The summed E-state index contributed by atoms with van der Waals surface area (Å²) in [5.74, 6) is 0.602. The van der Waals surface area contributed by atoms with Crippen LogP contribution in [0.4, 0.5) is 11.4 Å². The van der Waals surface area contributed by atoms with Gasteiger partial charge in [-0.3, -0.25) is 14.9 Å². The first-order valence-electron chi connectivity index (χ1n) is 7.76. The van der Waals surface area contributed by atoms with Crippen LogP contribution in [0, 0.1) is 10.1 Å². The van der Waals surface area contributed by atoms with Crippen LogP contribution in [0.3, 0.4) is 0 Å². The van der Waals surface area contributed by atoms with Crippen molar-refractivity contribution in [3.05, 3.63) is 63.1 Å². The second-order valence-corrected chi connectivity index (χ2v) is 7.37. The van der Waals surface area contributed by atoms with E-state index in [1.165, 1.54) is 23.9 Å². The third-order valence-electron chi connectivity index (χ3n) is 3.63. The van der Waals surface area contributed by atoms with Gasteiger partial charge in [-0.2, -0.15) is 0 Å². The molecule has 8 nitrogen and oxygen atoms in total. The Labute approximate surface area is 167 Å². The van der Waals surface area contributed by atoms with E-state index >= 15 is 0 Å². The van der Waals surface area contributed by atoms with E-state index in [9.17, 15) is 14.9 Å². The molecule has 0 atom stereocenters. The SMILES string of the molecule is Cn1c(SCC(=O)Nc2ccc(Br)cc2)nnc1-c1ccc([N+](=O)[O-])cc1. The molecule has 0 saturated carbocycles. The molecule has 0 unspecified atom stereocenters. The van der Waals surface area contributed by atoms with Gasteiger partial charge in [0.1, 0.15) is 0 Å². The number of carbonyl (C=O) groups is 1. The van der Waals surface area contributed by atoms with Crippen LogP contribution in [0.5, 0.6) is 0 Å². The molecule has 0 spiro atoms. The van der Waals surface area contributed by atoms with E-state index in [1.807, 2.05) is 24.3 Å². The molecule has 0 fully saturated rings. The summed E-state index contributed by atoms with van der Waals surface area (Å²) < 4.78 is 2.69. The first-order valence-corrected chi connectivity index (χ1v) is 9.54. The lowest BCUT2D eigenvalue weighted by molar-refractivity contribution is -0.384. The van der Waals surface area contributed by atoms with Gasteiger partial charge in [0, 0.05) is 34.9 Å². The monoisotopic (exact) mass is 447 g/mol. The molecule has 27 heavy (non-hydrogen) atoms. The number of nitro groups is 1. The summed E-state index contributed by atoms with van der Waals surface area (Å²) in [5.41, 5.74) is 1.44. The maximum atomic E-state index is 12.1. The summed E-state index contributed by atoms with van der Waals surface area (Å²) in [6.07, 6.45) is 0. The topological polar surface area (TPSA) is 103 Å². The average Bonchev–Trinajstić information content (AvgIpc) is 3.02. The van der Waals surface area contributed by atoms with Gasteiger partial charge in [0.2, 0.25) is 5.91 Å². The third-order valence-corrected chi connectivity index (χ3v) is 5.18. The van der Waals surface area contributed by atoms with E-state index < -0.39 is 4.92 Å². The van der Waals surface area contributed by atoms with Crippen molar-refractivity contribution in [3.8, 4) is 11.4 Å². The summed E-state index contributed by atoms with van der Waals surface area (Å²) in [6.45, 7) is 0. The van der Waals surface area contributed by atoms with Crippen LogP contribution in [0.2, 0.25) is 0 Å². The number of nitrogens with one attached hydrogen (secondary N) is 1. The summed E-state index contributed by atoms with van der Waals surface area (Å²) in [6, 6.07) is 13.4. The van der Waals surface area contributed by atoms with Crippen molar-refractivity contribution in [1.29, 1.82) is 0 Å². The van der Waals surface area contributed by atoms with Crippen LogP contribution in [0.15, 0.2) is 58.2 Å². The van der Waals surface area contributed by atoms with Gasteiger partial charge in [0.15, 0.2) is 11.0 Å². The molecule has 1 N–H and O–H groups in total. The second kappa shape index (κ2) is 8.31. The fourth-order valence-corrected chi connectivity index (χ4v) is 3.26. The zero-order chi connectivity index (χ0) is 19.4. The molecule has 1 heterocycles. The number of amides is 1. The Bertz CT molecular complexity index is 973. The van der Waals surface area contributed by atoms with Crippen molar-refractivity contribution in [1.82, 2.24) is 14.8 Å². The van der Waals surface area contributed by atoms with Gasteiger partial charge in [-0.05, 0) is 36.4 Å². The Morgan fingerprint density at radius 3 is 2.48 bits per heavy atom. The predicted molar refractivity (Wildman–Crippen MR) is 107 cm³/mol. The summed E-state index contributed by atoms with van der Waals surface area (Å²) in [4.78, 5) is 22.4. The zero-order valence-corrected chi connectivity index (χ0v) is 16.5. The zero-order valence-electron chi connectivity index (χ0n) is 14.1. The van der Waals surface area contributed by atoms with Crippen LogP contribution in [-0.2, 0) is 11.8 Å². The van der Waals surface area contributed by atoms with E-state index in [2.05, 4.69) is 31.4 Å². The van der Waals surface area contributed by atoms with Gasteiger partial charge >= 0.3 is 0 Å². The number of benzene rings is 2. The molecule has 0 aliphatic rings. The Morgan fingerprint density at radius 2 is 1.85 bits per heavy atom. The number of aromatic nitrogens is 3. The Kier molecular flexibility index (Phi) is 5.87. The van der Waals surface area contributed by atoms with E-state index in [-0.39, 0.29) is 17.3 Å². The molecule has 0 bridgehead atoms. The number of thioether (sulfide) groups is 1. The van der Waals surface area contributed by atoms with Crippen molar-refractivity contribution in [2.45, 2.75) is 5.16 Å². The van der Waals surface area contributed by atoms with Crippen LogP contribution >= 0.6 is 27.7 Å². The number of halogens is 1. The van der Waals surface area contributed by atoms with Gasteiger partial charge in [-0.15, -0.1) is 10.2 Å². The molecular formula is C17H14BrN5O3S. The average molecular weight is 448 g/mol. The molecule has 0 aliphatic heterocycles. The van der Waals surface area contributed by atoms with Crippen molar-refractivity contribution in [2.75, 3.05) is 11.1 Å². The minimum Gasteiger partial charge on any atom is -0.325 e. The molecule has 1 amide bonds. The van der Waals surface area contributed by atoms with Gasteiger partial charge < -0.3 is 9.88 Å². The Morgan fingerprint density at radius 1 is 1.19 bits per heavy atom. The number of anilines is 1. The van der Waals surface area contributed by atoms with Crippen molar-refractivity contribution < 1.29 is 9.72 Å². The highest BCUT2D eigenvalue weighted by molar-refractivity contribution is 9.10. The summed E-state index contributed by atoms with van der Waals surface area (Å²) in [7, 11) is 1.78. The van der Waals surface area contributed by atoms with E-state index in [0.717, 1.165) is 4.47 Å². The van der Waals surface area contributed by atoms with Crippen molar-refractivity contribution >= 4 is 45.0 Å². The largest absolute Gasteiger partial charge is 0.325 e. The van der Waals surface area contributed by atoms with Gasteiger partial charge in [-0.1, -0.05) is 27.7 Å². The maximum Gasteiger partial charge on any atom is 0.269 e. The Hall–Kier alpha value is -2.72. The number of carbonyl (C=O) groups excluding carboxylic acids is 1. The van der Waals surface area contributed by atoms with Gasteiger partial charge in [0.25, 0.3) is 5.69 Å². The second-order valence-electron chi connectivity index (χ2n) is 5.51. The molecular weight excluding hydrogens is 434 g/mol. The lowest BCUT2D eigenvalue weighted by Crippen LogP contribution is -2.14. The molecule has 138 valence electrons. The van der Waals surface area contributed by atoms with Crippen LogP contribution in [-0.4, -0.2) is 31.3 Å². The quantitative estimate of drug-likeness (QED) is 0.349. The van der Waals surface area contributed by atoms with Crippen LogP contribution in [0.1, 0.15) is 0 Å². The van der Waals surface area contributed by atoms with Crippen LogP contribution in [0.25, 0.3) is 11.4 Å². The fraction of sp³-hybridized carbons (Fsp3) is 0.118. The van der Waals surface area contributed by atoms with Crippen molar-refractivity contribution in [2.24, 2.45) is 7.05 Å². The molecule has 0 radical (unpaired) electrons. The molecule has 0 saturated heterocycles. The highest BCUT2D eigenvalue weighted by Gasteiger charge is 2.14. The number of nitro benzene ring substituents is 1. The summed E-state index contributed by atoms with van der Waals surface area (Å²) in [5, 5.41) is 22.3. The molecule has 0 aliphatic carbocycles. The molecule has 3 rings (SSSR count). The minimum absolute atomic E-state index is 0.0140. The molecule has 1 aromatic heterocycles. The predicted octanol–water partition coefficient (Wildman–Crippen LogP) is 3.88. The standard InChI is InChI=1S/C17H14BrN5O3S/c1-22-16(11-2-8-14(9-3-11)23(25)26)20-21-17(22)27-10-15(24)19-13-6-4-12(18)5-7-13/h2-9H,10H2,1H3,(H,19,24). The highest BCUT2D eigenvalue weighted by atomic mass is 79.9. The molecule has 2 aromatic carbocycles. The van der Waals surface area contributed by atoms with E-state index in [0.29, 0.717) is 22.2 Å². The van der Waals surface area contributed by atoms with E-state index in [1.54, 1.807) is 23.7 Å². The number of hydrogen-bond donors (Lipinski definition) is 1. The third kappa shape index (κ3) is 4.72. The van der Waals surface area contributed by atoms with Gasteiger partial charge in [-0.25, -0.2) is 0 Å². The smallest absolute Gasteiger partial charge is 0.269 e. The van der Waals surface area contributed by atoms with E-state index in [4.69, 9.17) is 0 Å².